The molecule has 0 amide bonds. The van der Waals surface area contributed by atoms with Crippen LogP contribution >= 0.6 is 0 Å². The van der Waals surface area contributed by atoms with Crippen molar-refractivity contribution in [2.75, 3.05) is 0 Å². The Morgan fingerprint density at radius 2 is 1.26 bits per heavy atom. The van der Waals surface area contributed by atoms with Crippen LogP contribution in [0, 0.1) is 0 Å². The molecule has 0 aliphatic carbocycles. The van der Waals surface area contributed by atoms with E-state index in [1.165, 1.54) is 6.92 Å². The quantitative estimate of drug-likeness (QED) is 0.384. The van der Waals surface area contributed by atoms with E-state index in [-0.39, 0.29) is 11.4 Å². The van der Waals surface area contributed by atoms with E-state index < -0.39 is 12.1 Å². The van der Waals surface area contributed by atoms with Crippen LogP contribution < -0.4 is 0 Å². The van der Waals surface area contributed by atoms with E-state index in [4.69, 9.17) is 4.74 Å². The molecule has 2 rings (SSSR count). The summed E-state index contributed by atoms with van der Waals surface area (Å²) in [7, 11) is 0. The van der Waals surface area contributed by atoms with E-state index in [1.54, 1.807) is 60.7 Å². The molecule has 0 aliphatic heterocycles. The molecule has 2 aromatic carbocycles. The maximum atomic E-state index is 11.5. The van der Waals surface area contributed by atoms with Crippen molar-refractivity contribution in [1.82, 2.24) is 0 Å². The third-order valence-corrected chi connectivity index (χ3v) is 3.14. The first-order chi connectivity index (χ1) is 11.2. The van der Waals surface area contributed by atoms with Gasteiger partial charge >= 0.3 is 5.97 Å². The normalized spacial score (nSPS) is 13.4. The van der Waals surface area contributed by atoms with Crippen LogP contribution in [0.3, 0.4) is 0 Å². The molecule has 0 saturated heterocycles. The van der Waals surface area contributed by atoms with Crippen molar-refractivity contribution in [1.29, 1.82) is 0 Å². The highest BCUT2D eigenvalue weighted by Gasteiger charge is 2.29. The van der Waals surface area contributed by atoms with Crippen molar-refractivity contribution in [2.45, 2.75) is 13.0 Å². The van der Waals surface area contributed by atoms with E-state index in [2.05, 4.69) is 10.3 Å². The fraction of sp³-hybridized carbons (Fsp3) is 0.118. The van der Waals surface area contributed by atoms with Gasteiger partial charge in [-0.2, -0.15) is 0 Å². The number of esters is 1. The molecule has 0 saturated carbocycles. The second kappa shape index (κ2) is 7.74. The Bertz CT molecular complexity index is 656. The average molecular weight is 312 g/mol. The number of ether oxygens (including phenoxy) is 1. The Morgan fingerprint density at radius 1 is 0.870 bits per heavy atom. The fourth-order valence-electron chi connectivity index (χ4n) is 2.15. The standard InChI is InChI=1S/C17H16N2O4/c1-12(20)23-17(15(18-21)13-8-4-2-5-9-13)16(19-22)14-10-6-3-7-11-14/h2-11,17,21-22H,1H3/b18-15-,19-16+. The van der Waals surface area contributed by atoms with Gasteiger partial charge in [-0.1, -0.05) is 71.0 Å². The Hall–Kier alpha value is -3.15. The van der Waals surface area contributed by atoms with Gasteiger partial charge in [-0.15, -0.1) is 0 Å². The van der Waals surface area contributed by atoms with Crippen molar-refractivity contribution in [3.8, 4) is 0 Å². The number of nitrogens with zero attached hydrogens (tertiary/aromatic N) is 2. The number of benzene rings is 2. The van der Waals surface area contributed by atoms with E-state index in [0.29, 0.717) is 11.1 Å². The van der Waals surface area contributed by atoms with E-state index in [0.717, 1.165) is 0 Å². The molecular weight excluding hydrogens is 296 g/mol. The van der Waals surface area contributed by atoms with Crippen molar-refractivity contribution < 1.29 is 19.9 Å². The molecule has 6 nitrogen and oxygen atoms in total. The van der Waals surface area contributed by atoms with Crippen molar-refractivity contribution in [3.05, 3.63) is 71.8 Å². The first-order valence-electron chi connectivity index (χ1n) is 6.89. The predicted octanol–water partition coefficient (Wildman–Crippen LogP) is 2.68. The molecule has 0 aromatic heterocycles. The third kappa shape index (κ3) is 3.94. The van der Waals surface area contributed by atoms with Gasteiger partial charge in [0, 0.05) is 18.1 Å². The fourth-order valence-corrected chi connectivity index (χ4v) is 2.15. The molecule has 23 heavy (non-hydrogen) atoms. The number of hydrogen-bond donors (Lipinski definition) is 2. The molecular formula is C17H16N2O4. The van der Waals surface area contributed by atoms with Crippen LogP contribution in [0.1, 0.15) is 18.1 Å². The lowest BCUT2D eigenvalue weighted by Crippen LogP contribution is -2.36. The van der Waals surface area contributed by atoms with E-state index >= 15 is 0 Å². The second-order valence-corrected chi connectivity index (χ2v) is 4.69. The predicted molar refractivity (Wildman–Crippen MR) is 85.1 cm³/mol. The Morgan fingerprint density at radius 3 is 1.57 bits per heavy atom. The lowest BCUT2D eigenvalue weighted by molar-refractivity contribution is -0.141. The maximum absolute atomic E-state index is 11.5. The summed E-state index contributed by atoms with van der Waals surface area (Å²) in [5.41, 5.74) is 1.21. The monoisotopic (exact) mass is 312 g/mol. The molecule has 2 aromatic rings. The molecule has 2 N–H and O–H groups in total. The molecule has 0 radical (unpaired) electrons. The van der Waals surface area contributed by atoms with Crippen molar-refractivity contribution in [3.63, 3.8) is 0 Å². The summed E-state index contributed by atoms with van der Waals surface area (Å²) in [6, 6.07) is 17.4. The molecule has 6 heteroatoms. The zero-order valence-corrected chi connectivity index (χ0v) is 12.5. The minimum absolute atomic E-state index is 0.0671. The van der Waals surface area contributed by atoms with Crippen LogP contribution in [0.25, 0.3) is 0 Å². The van der Waals surface area contributed by atoms with Crippen LogP contribution in [0.2, 0.25) is 0 Å². The van der Waals surface area contributed by atoms with Gasteiger partial charge in [0.05, 0.1) is 0 Å². The van der Waals surface area contributed by atoms with Gasteiger partial charge < -0.3 is 15.2 Å². The van der Waals surface area contributed by atoms with E-state index in [1.807, 2.05) is 0 Å². The zero-order valence-electron chi connectivity index (χ0n) is 12.5. The van der Waals surface area contributed by atoms with Crippen LogP contribution in [-0.4, -0.2) is 33.9 Å². The third-order valence-electron chi connectivity index (χ3n) is 3.14. The van der Waals surface area contributed by atoms with Gasteiger partial charge in [0.25, 0.3) is 0 Å². The van der Waals surface area contributed by atoms with Crippen LogP contribution in [0.5, 0.6) is 0 Å². The number of rotatable bonds is 5. The van der Waals surface area contributed by atoms with Crippen molar-refractivity contribution in [2.24, 2.45) is 10.3 Å². The maximum Gasteiger partial charge on any atom is 0.303 e. The molecule has 0 aliphatic rings. The summed E-state index contributed by atoms with van der Waals surface area (Å²) in [6.45, 7) is 1.23. The topological polar surface area (TPSA) is 91.5 Å². The Kier molecular flexibility index (Phi) is 5.46. The zero-order chi connectivity index (χ0) is 16.7. The van der Waals surface area contributed by atoms with Crippen LogP contribution in [0.15, 0.2) is 71.0 Å². The molecule has 0 heterocycles. The van der Waals surface area contributed by atoms with Crippen LogP contribution in [0.4, 0.5) is 0 Å². The minimum atomic E-state index is -1.15. The highest BCUT2D eigenvalue weighted by atomic mass is 16.5. The summed E-state index contributed by atoms with van der Waals surface area (Å²) in [6.07, 6.45) is -1.15. The summed E-state index contributed by atoms with van der Waals surface area (Å²) in [4.78, 5) is 11.5. The average Bonchev–Trinajstić information content (AvgIpc) is 2.57. The SMILES string of the molecule is CC(=O)OC(/C(=N\O)c1ccccc1)/C(=N/O)c1ccccc1. The lowest BCUT2D eigenvalue weighted by atomic mass is 9.97. The highest BCUT2D eigenvalue weighted by molar-refractivity contribution is 6.23. The van der Waals surface area contributed by atoms with Gasteiger partial charge in [0.2, 0.25) is 0 Å². The molecule has 1 unspecified atom stereocenters. The first-order valence-corrected chi connectivity index (χ1v) is 6.89. The lowest BCUT2D eigenvalue weighted by Gasteiger charge is -2.19. The van der Waals surface area contributed by atoms with Gasteiger partial charge in [-0.25, -0.2) is 0 Å². The van der Waals surface area contributed by atoms with Gasteiger partial charge in [-0.3, -0.25) is 4.79 Å². The number of oxime groups is 2. The summed E-state index contributed by atoms with van der Waals surface area (Å²) in [5, 5.41) is 25.3. The second-order valence-electron chi connectivity index (χ2n) is 4.69. The number of carbonyl (C=O) groups is 1. The minimum Gasteiger partial charge on any atom is -0.449 e. The molecule has 0 spiro atoms. The van der Waals surface area contributed by atoms with E-state index in [9.17, 15) is 15.2 Å². The largest absolute Gasteiger partial charge is 0.449 e. The van der Waals surface area contributed by atoms with Crippen molar-refractivity contribution >= 4 is 17.4 Å². The Balaban J connectivity index is 2.50. The highest BCUT2D eigenvalue weighted by Crippen LogP contribution is 2.15. The first kappa shape index (κ1) is 16.2. The summed E-state index contributed by atoms with van der Waals surface area (Å²) in [5.74, 6) is -0.593. The summed E-state index contributed by atoms with van der Waals surface area (Å²) < 4.78 is 5.24. The molecule has 118 valence electrons. The van der Waals surface area contributed by atoms with Crippen LogP contribution in [-0.2, 0) is 9.53 Å². The molecule has 1 atom stereocenters. The Labute approximate surface area is 133 Å². The van der Waals surface area contributed by atoms with Gasteiger partial charge in [0.1, 0.15) is 11.4 Å². The van der Waals surface area contributed by atoms with Gasteiger partial charge in [0.15, 0.2) is 6.10 Å². The number of hydrogen-bond acceptors (Lipinski definition) is 6. The smallest absolute Gasteiger partial charge is 0.303 e. The number of carbonyl (C=O) groups excluding carboxylic acids is 1. The van der Waals surface area contributed by atoms with Gasteiger partial charge in [-0.05, 0) is 0 Å². The molecule has 0 bridgehead atoms. The summed E-state index contributed by atoms with van der Waals surface area (Å²) >= 11 is 0. The molecule has 0 fully saturated rings.